The topological polar surface area (TPSA) is 103 Å². The summed E-state index contributed by atoms with van der Waals surface area (Å²) in [6.45, 7) is 3.75. The lowest BCUT2D eigenvalue weighted by molar-refractivity contribution is -0.132. The zero-order valence-corrected chi connectivity index (χ0v) is 17.0. The quantitative estimate of drug-likeness (QED) is 0.784. The van der Waals surface area contributed by atoms with Gasteiger partial charge in [-0.2, -0.15) is 0 Å². The van der Waals surface area contributed by atoms with E-state index in [1.165, 1.54) is 6.42 Å². The molecule has 1 N–H and O–H groups in total. The Hall–Kier alpha value is -1.88. The van der Waals surface area contributed by atoms with Crippen LogP contribution >= 0.6 is 11.3 Å². The Morgan fingerprint density at radius 2 is 1.63 bits per heavy atom. The van der Waals surface area contributed by atoms with Gasteiger partial charge in [0.1, 0.15) is 0 Å². The Bertz CT molecular complexity index is 780. The van der Waals surface area contributed by atoms with Gasteiger partial charge in [0.2, 0.25) is 15.9 Å². The second kappa shape index (κ2) is 8.42. The largest absolute Gasteiger partial charge is 0.339 e. The van der Waals surface area contributed by atoms with E-state index >= 15 is 0 Å². The molecule has 3 amide bonds. The zero-order chi connectivity index (χ0) is 19.4. The number of aromatic nitrogens is 1. The fraction of sp³-hybridized carbons (Fsp3) is 0.688. The molecule has 2 saturated heterocycles. The number of nitrogens with one attached hydrogen (secondary N) is 1. The van der Waals surface area contributed by atoms with Gasteiger partial charge in [0.15, 0.2) is 5.13 Å². The average molecular weight is 416 g/mol. The molecule has 9 nitrogen and oxygen atoms in total. The molecule has 150 valence electrons. The van der Waals surface area contributed by atoms with Crippen LogP contribution < -0.4 is 4.72 Å². The Labute approximate surface area is 163 Å². The third kappa shape index (κ3) is 5.55. The highest BCUT2D eigenvalue weighted by atomic mass is 32.2. The monoisotopic (exact) mass is 415 g/mol. The Kier molecular flexibility index (Phi) is 6.20. The summed E-state index contributed by atoms with van der Waals surface area (Å²) in [5, 5.41) is 1.94. The van der Waals surface area contributed by atoms with Crippen LogP contribution in [-0.2, 0) is 21.2 Å². The number of carbonyl (C=O) groups excluding carboxylic acids is 2. The lowest BCUT2D eigenvalue weighted by Gasteiger charge is -2.38. The molecule has 3 rings (SSSR count). The standard InChI is InChI=1S/C16H25N5O4S2/c1-27(24,25)18-15-17-13(12-26-15)11-14(22)19-7-9-21(10-8-19)16(23)20-5-3-2-4-6-20/h12H,2-11H2,1H3,(H,17,18). The minimum atomic E-state index is -3.38. The van der Waals surface area contributed by atoms with Crippen molar-refractivity contribution in [2.45, 2.75) is 25.7 Å². The number of piperidine rings is 1. The number of carbonyl (C=O) groups is 2. The van der Waals surface area contributed by atoms with Crippen molar-refractivity contribution in [2.75, 3.05) is 50.2 Å². The van der Waals surface area contributed by atoms with Gasteiger partial charge in [-0.25, -0.2) is 18.2 Å². The van der Waals surface area contributed by atoms with E-state index < -0.39 is 10.0 Å². The third-order valence-electron chi connectivity index (χ3n) is 4.69. The van der Waals surface area contributed by atoms with Crippen LogP contribution in [0.5, 0.6) is 0 Å². The molecule has 3 heterocycles. The van der Waals surface area contributed by atoms with Crippen LogP contribution in [0.2, 0.25) is 0 Å². The summed E-state index contributed by atoms with van der Waals surface area (Å²) in [5.74, 6) is -0.0590. The molecule has 0 saturated carbocycles. The minimum Gasteiger partial charge on any atom is -0.339 e. The molecule has 0 radical (unpaired) electrons. The van der Waals surface area contributed by atoms with Gasteiger partial charge in [-0.3, -0.25) is 9.52 Å². The number of sulfonamides is 1. The summed E-state index contributed by atoms with van der Waals surface area (Å²) < 4.78 is 24.8. The molecule has 0 aliphatic carbocycles. The van der Waals surface area contributed by atoms with Gasteiger partial charge in [-0.15, -0.1) is 11.3 Å². The molecular formula is C16H25N5O4S2. The number of hydrogen-bond donors (Lipinski definition) is 1. The van der Waals surface area contributed by atoms with E-state index in [1.54, 1.807) is 10.3 Å². The average Bonchev–Trinajstić information content (AvgIpc) is 3.07. The lowest BCUT2D eigenvalue weighted by Crippen LogP contribution is -2.54. The highest BCUT2D eigenvalue weighted by molar-refractivity contribution is 7.92. The van der Waals surface area contributed by atoms with Crippen molar-refractivity contribution >= 4 is 38.4 Å². The maximum absolute atomic E-state index is 12.5. The highest BCUT2D eigenvalue weighted by Crippen LogP contribution is 2.18. The van der Waals surface area contributed by atoms with Gasteiger partial charge in [0, 0.05) is 44.6 Å². The first-order valence-corrected chi connectivity index (χ1v) is 11.8. The molecule has 0 bridgehead atoms. The molecule has 0 aromatic carbocycles. The molecular weight excluding hydrogens is 390 g/mol. The fourth-order valence-corrected chi connectivity index (χ4v) is 4.86. The van der Waals surface area contributed by atoms with E-state index in [0.717, 1.165) is 43.5 Å². The van der Waals surface area contributed by atoms with Crippen LogP contribution in [0.4, 0.5) is 9.93 Å². The van der Waals surface area contributed by atoms with Crippen LogP contribution in [0.1, 0.15) is 25.0 Å². The van der Waals surface area contributed by atoms with E-state index in [1.807, 2.05) is 9.80 Å². The number of likely N-dealkylation sites (tertiary alicyclic amines) is 1. The number of piperazine rings is 1. The van der Waals surface area contributed by atoms with Gasteiger partial charge in [0.05, 0.1) is 18.4 Å². The van der Waals surface area contributed by atoms with Crippen molar-refractivity contribution in [3.63, 3.8) is 0 Å². The maximum atomic E-state index is 12.5. The van der Waals surface area contributed by atoms with Crippen LogP contribution in [0.15, 0.2) is 5.38 Å². The SMILES string of the molecule is CS(=O)(=O)Nc1nc(CC(=O)N2CCN(C(=O)N3CCCCC3)CC2)cs1. The number of rotatable bonds is 4. The molecule has 2 aliphatic heterocycles. The van der Waals surface area contributed by atoms with E-state index in [4.69, 9.17) is 0 Å². The predicted molar refractivity (Wildman–Crippen MR) is 103 cm³/mol. The minimum absolute atomic E-state index is 0.0590. The normalized spacial score (nSPS) is 18.5. The number of urea groups is 1. The molecule has 27 heavy (non-hydrogen) atoms. The fourth-order valence-electron chi connectivity index (χ4n) is 3.29. The Morgan fingerprint density at radius 3 is 2.26 bits per heavy atom. The van der Waals surface area contributed by atoms with Gasteiger partial charge in [0.25, 0.3) is 0 Å². The van der Waals surface area contributed by atoms with Crippen LogP contribution in [0.25, 0.3) is 0 Å². The highest BCUT2D eigenvalue weighted by Gasteiger charge is 2.28. The number of anilines is 1. The molecule has 11 heteroatoms. The first-order valence-electron chi connectivity index (χ1n) is 9.05. The van der Waals surface area contributed by atoms with Gasteiger partial charge in [-0.05, 0) is 19.3 Å². The van der Waals surface area contributed by atoms with E-state index in [-0.39, 0.29) is 23.5 Å². The molecule has 2 aliphatic rings. The van der Waals surface area contributed by atoms with Crippen molar-refractivity contribution in [2.24, 2.45) is 0 Å². The van der Waals surface area contributed by atoms with Crippen LogP contribution in [0.3, 0.4) is 0 Å². The molecule has 0 atom stereocenters. The second-order valence-corrected chi connectivity index (χ2v) is 9.50. The number of thiazole rings is 1. The molecule has 0 spiro atoms. The van der Waals surface area contributed by atoms with E-state index in [0.29, 0.717) is 31.9 Å². The Balaban J connectivity index is 1.48. The molecule has 1 aromatic heterocycles. The maximum Gasteiger partial charge on any atom is 0.320 e. The first kappa shape index (κ1) is 19.9. The first-order chi connectivity index (χ1) is 12.8. The third-order valence-corrected chi connectivity index (χ3v) is 6.19. The molecule has 0 unspecified atom stereocenters. The summed E-state index contributed by atoms with van der Waals surface area (Å²) in [6, 6.07) is 0.0813. The predicted octanol–water partition coefficient (Wildman–Crippen LogP) is 0.807. The number of amides is 3. The number of hydrogen-bond acceptors (Lipinski definition) is 6. The van der Waals surface area contributed by atoms with E-state index in [9.17, 15) is 18.0 Å². The zero-order valence-electron chi connectivity index (χ0n) is 15.4. The van der Waals surface area contributed by atoms with Crippen molar-refractivity contribution in [1.82, 2.24) is 19.7 Å². The van der Waals surface area contributed by atoms with Crippen molar-refractivity contribution in [1.29, 1.82) is 0 Å². The van der Waals surface area contributed by atoms with Crippen LogP contribution in [-0.4, -0.2) is 85.6 Å². The number of nitrogens with zero attached hydrogens (tertiary/aromatic N) is 4. The van der Waals surface area contributed by atoms with Crippen molar-refractivity contribution < 1.29 is 18.0 Å². The molecule has 2 fully saturated rings. The summed E-state index contributed by atoms with van der Waals surface area (Å²) in [6.07, 6.45) is 4.50. The van der Waals surface area contributed by atoms with Crippen molar-refractivity contribution in [3.8, 4) is 0 Å². The van der Waals surface area contributed by atoms with Gasteiger partial charge in [-0.1, -0.05) is 0 Å². The lowest BCUT2D eigenvalue weighted by atomic mass is 10.1. The smallest absolute Gasteiger partial charge is 0.320 e. The second-order valence-electron chi connectivity index (χ2n) is 6.89. The summed E-state index contributed by atoms with van der Waals surface area (Å²) >= 11 is 1.15. The Morgan fingerprint density at radius 1 is 1.04 bits per heavy atom. The van der Waals surface area contributed by atoms with Gasteiger partial charge >= 0.3 is 6.03 Å². The van der Waals surface area contributed by atoms with Crippen LogP contribution in [0, 0.1) is 0 Å². The van der Waals surface area contributed by atoms with Gasteiger partial charge < -0.3 is 14.7 Å². The molecule has 1 aromatic rings. The summed E-state index contributed by atoms with van der Waals surface area (Å²) in [7, 11) is -3.38. The van der Waals surface area contributed by atoms with Crippen molar-refractivity contribution in [3.05, 3.63) is 11.1 Å². The van der Waals surface area contributed by atoms with E-state index in [2.05, 4.69) is 9.71 Å². The summed E-state index contributed by atoms with van der Waals surface area (Å²) in [4.78, 5) is 34.6. The summed E-state index contributed by atoms with van der Waals surface area (Å²) in [5.41, 5.74) is 0.544.